The predicted octanol–water partition coefficient (Wildman–Crippen LogP) is 1.94. The second-order valence-electron chi connectivity index (χ2n) is 3.07. The van der Waals surface area contributed by atoms with E-state index in [2.05, 4.69) is 17.4 Å². The van der Waals surface area contributed by atoms with Gasteiger partial charge in [-0.1, -0.05) is 18.2 Å². The van der Waals surface area contributed by atoms with E-state index in [0.717, 1.165) is 5.56 Å². The van der Waals surface area contributed by atoms with Gasteiger partial charge >= 0.3 is 11.9 Å². The van der Waals surface area contributed by atoms with Crippen LogP contribution in [0, 0.1) is 0 Å². The van der Waals surface area contributed by atoms with Crippen molar-refractivity contribution in [2.45, 2.75) is 0 Å². The van der Waals surface area contributed by atoms with E-state index in [1.165, 1.54) is 0 Å². The van der Waals surface area contributed by atoms with Gasteiger partial charge in [-0.3, -0.25) is 0 Å². The number of thiol groups is 1. The van der Waals surface area contributed by atoms with Gasteiger partial charge in [-0.2, -0.15) is 12.6 Å². The number of benzene rings is 1. The smallest absolute Gasteiger partial charge is 0.346 e. The highest BCUT2D eigenvalue weighted by atomic mass is 32.1. The molecule has 4 heteroatoms. The standard InChI is InChI=1S/C11H8O3S/c12-10-8-4-3-7(2-1-5-15)6-9(8)11(13)14-10/h1-4,6,15H,5H2. The van der Waals surface area contributed by atoms with E-state index < -0.39 is 11.9 Å². The van der Waals surface area contributed by atoms with E-state index in [0.29, 0.717) is 16.9 Å². The van der Waals surface area contributed by atoms with Gasteiger partial charge in [-0.05, 0) is 17.7 Å². The lowest BCUT2D eigenvalue weighted by atomic mass is 10.1. The zero-order chi connectivity index (χ0) is 10.8. The number of rotatable bonds is 2. The molecule has 0 radical (unpaired) electrons. The highest BCUT2D eigenvalue weighted by molar-refractivity contribution is 7.80. The molecule has 3 nitrogen and oxygen atoms in total. The Bertz CT molecular complexity index is 463. The topological polar surface area (TPSA) is 43.4 Å². The second-order valence-corrected chi connectivity index (χ2v) is 3.43. The summed E-state index contributed by atoms with van der Waals surface area (Å²) >= 11 is 4.03. The van der Waals surface area contributed by atoms with Gasteiger partial charge < -0.3 is 4.74 Å². The Hall–Kier alpha value is -1.55. The van der Waals surface area contributed by atoms with E-state index in [1.807, 2.05) is 12.2 Å². The maximum atomic E-state index is 11.2. The van der Waals surface area contributed by atoms with Crippen molar-refractivity contribution in [3.05, 3.63) is 41.0 Å². The lowest BCUT2D eigenvalue weighted by Gasteiger charge is -1.95. The first kappa shape index (κ1) is 9.98. The summed E-state index contributed by atoms with van der Waals surface area (Å²) in [6.07, 6.45) is 3.69. The first-order chi connectivity index (χ1) is 7.22. The summed E-state index contributed by atoms with van der Waals surface area (Å²) in [6, 6.07) is 5.00. The quantitative estimate of drug-likeness (QED) is 0.470. The minimum atomic E-state index is -0.573. The Balaban J connectivity index is 2.43. The van der Waals surface area contributed by atoms with Crippen LogP contribution in [0.4, 0.5) is 0 Å². The number of hydrogen-bond acceptors (Lipinski definition) is 4. The molecule has 0 spiro atoms. The monoisotopic (exact) mass is 220 g/mol. The fourth-order valence-electron chi connectivity index (χ4n) is 1.40. The fourth-order valence-corrected chi connectivity index (χ4v) is 1.50. The Kier molecular flexibility index (Phi) is 2.60. The molecule has 0 aliphatic carbocycles. The third-order valence-electron chi connectivity index (χ3n) is 2.08. The number of hydrogen-bond donors (Lipinski definition) is 1. The zero-order valence-corrected chi connectivity index (χ0v) is 8.66. The number of carbonyl (C=O) groups excluding carboxylic acids is 2. The SMILES string of the molecule is O=C1OC(=O)c2cc(C=CCS)ccc21. The number of cyclic esters (lactones) is 2. The van der Waals surface area contributed by atoms with Crippen molar-refractivity contribution in [1.82, 2.24) is 0 Å². The molecule has 1 heterocycles. The molecule has 0 amide bonds. The van der Waals surface area contributed by atoms with Crippen LogP contribution in [0.5, 0.6) is 0 Å². The largest absolute Gasteiger partial charge is 0.386 e. The highest BCUT2D eigenvalue weighted by Crippen LogP contribution is 2.21. The summed E-state index contributed by atoms with van der Waals surface area (Å²) in [5, 5.41) is 0. The maximum absolute atomic E-state index is 11.2. The number of esters is 2. The number of ether oxygens (including phenoxy) is 1. The summed E-state index contributed by atoms with van der Waals surface area (Å²) in [4.78, 5) is 22.3. The third-order valence-corrected chi connectivity index (χ3v) is 2.30. The first-order valence-corrected chi connectivity index (χ1v) is 5.03. The van der Waals surface area contributed by atoms with Crippen molar-refractivity contribution in [3.8, 4) is 0 Å². The lowest BCUT2D eigenvalue weighted by molar-refractivity contribution is 0.0444. The molecule has 1 aliphatic heterocycles. The van der Waals surface area contributed by atoms with Crippen molar-refractivity contribution in [2.75, 3.05) is 5.75 Å². The molecule has 0 atom stereocenters. The minimum absolute atomic E-state index is 0.335. The molecule has 0 N–H and O–H groups in total. The van der Waals surface area contributed by atoms with Gasteiger partial charge in [0.2, 0.25) is 0 Å². The average molecular weight is 220 g/mol. The van der Waals surface area contributed by atoms with Crippen molar-refractivity contribution in [2.24, 2.45) is 0 Å². The average Bonchev–Trinajstić information content (AvgIpc) is 2.52. The summed E-state index contributed by atoms with van der Waals surface area (Å²) in [5.41, 5.74) is 1.53. The normalized spacial score (nSPS) is 14.5. The van der Waals surface area contributed by atoms with Crippen LogP contribution in [0.1, 0.15) is 26.3 Å². The van der Waals surface area contributed by atoms with Gasteiger partial charge in [0.1, 0.15) is 0 Å². The molecular formula is C11H8O3S. The highest BCUT2D eigenvalue weighted by Gasteiger charge is 2.29. The Morgan fingerprint density at radius 1 is 1.20 bits per heavy atom. The molecule has 0 bridgehead atoms. The summed E-state index contributed by atoms with van der Waals surface area (Å²) < 4.78 is 4.47. The molecule has 1 aromatic rings. The molecular weight excluding hydrogens is 212 g/mol. The maximum Gasteiger partial charge on any atom is 0.346 e. The third kappa shape index (κ3) is 1.80. The summed E-state index contributed by atoms with van der Waals surface area (Å²) in [6.45, 7) is 0. The Morgan fingerprint density at radius 2 is 1.93 bits per heavy atom. The van der Waals surface area contributed by atoms with Crippen molar-refractivity contribution in [1.29, 1.82) is 0 Å². The molecule has 2 rings (SSSR count). The Labute approximate surface area is 92.2 Å². The minimum Gasteiger partial charge on any atom is -0.386 e. The van der Waals surface area contributed by atoms with Gasteiger partial charge in [0.25, 0.3) is 0 Å². The van der Waals surface area contributed by atoms with Crippen molar-refractivity contribution >= 4 is 30.6 Å². The van der Waals surface area contributed by atoms with E-state index in [4.69, 9.17) is 0 Å². The van der Waals surface area contributed by atoms with Crippen LogP contribution in [-0.4, -0.2) is 17.7 Å². The van der Waals surface area contributed by atoms with E-state index in [1.54, 1.807) is 18.2 Å². The fraction of sp³-hybridized carbons (Fsp3) is 0.0909. The van der Waals surface area contributed by atoms with Crippen LogP contribution in [0.15, 0.2) is 24.3 Å². The molecule has 0 unspecified atom stereocenters. The second kappa shape index (κ2) is 3.90. The zero-order valence-electron chi connectivity index (χ0n) is 7.77. The van der Waals surface area contributed by atoms with Gasteiger partial charge in [0.05, 0.1) is 11.1 Å². The van der Waals surface area contributed by atoms with Crippen LogP contribution >= 0.6 is 12.6 Å². The van der Waals surface area contributed by atoms with Crippen LogP contribution < -0.4 is 0 Å². The van der Waals surface area contributed by atoms with Gasteiger partial charge in [-0.25, -0.2) is 9.59 Å². The molecule has 0 saturated heterocycles. The van der Waals surface area contributed by atoms with Gasteiger partial charge in [0, 0.05) is 5.75 Å². The first-order valence-electron chi connectivity index (χ1n) is 4.40. The number of carbonyl (C=O) groups is 2. The summed E-state index contributed by atoms with van der Waals surface area (Å²) in [7, 11) is 0. The molecule has 0 aromatic heterocycles. The molecule has 1 aliphatic rings. The van der Waals surface area contributed by atoms with Crippen LogP contribution in [0.25, 0.3) is 6.08 Å². The molecule has 0 saturated carbocycles. The van der Waals surface area contributed by atoms with Gasteiger partial charge in [-0.15, -0.1) is 0 Å². The van der Waals surface area contributed by atoms with E-state index >= 15 is 0 Å². The van der Waals surface area contributed by atoms with Crippen molar-refractivity contribution in [3.63, 3.8) is 0 Å². The van der Waals surface area contributed by atoms with E-state index in [9.17, 15) is 9.59 Å². The summed E-state index contributed by atoms with van der Waals surface area (Å²) in [5.74, 6) is -0.517. The molecule has 0 fully saturated rings. The van der Waals surface area contributed by atoms with E-state index in [-0.39, 0.29) is 0 Å². The van der Waals surface area contributed by atoms with Gasteiger partial charge in [0.15, 0.2) is 0 Å². The van der Waals surface area contributed by atoms with Crippen LogP contribution in [0.3, 0.4) is 0 Å². The number of fused-ring (bicyclic) bond motifs is 1. The Morgan fingerprint density at radius 3 is 2.67 bits per heavy atom. The molecule has 1 aromatic carbocycles. The predicted molar refractivity (Wildman–Crippen MR) is 59.1 cm³/mol. The van der Waals surface area contributed by atoms with Crippen LogP contribution in [-0.2, 0) is 4.74 Å². The van der Waals surface area contributed by atoms with Crippen LogP contribution in [0.2, 0.25) is 0 Å². The molecule has 15 heavy (non-hydrogen) atoms. The van der Waals surface area contributed by atoms with Crippen molar-refractivity contribution < 1.29 is 14.3 Å². The lowest BCUT2D eigenvalue weighted by Crippen LogP contribution is -1.96. The molecule has 76 valence electrons.